The van der Waals surface area contributed by atoms with E-state index in [1.54, 1.807) is 6.92 Å². The van der Waals surface area contributed by atoms with E-state index >= 15 is 0 Å². The van der Waals surface area contributed by atoms with Gasteiger partial charge in [-0.25, -0.2) is 0 Å². The number of carbonyl (C=O) groups is 2. The van der Waals surface area contributed by atoms with Crippen LogP contribution in [0.3, 0.4) is 0 Å². The van der Waals surface area contributed by atoms with Crippen LogP contribution in [0.4, 0.5) is 0 Å². The fourth-order valence-corrected chi connectivity index (χ4v) is 1.54. The first-order chi connectivity index (χ1) is 7.79. The Balaban J connectivity index is 4.59. The maximum Gasteiger partial charge on any atom is 0.319 e. The summed E-state index contributed by atoms with van der Waals surface area (Å²) in [6.45, 7) is 9.63. The zero-order valence-corrected chi connectivity index (χ0v) is 11.6. The summed E-state index contributed by atoms with van der Waals surface area (Å²) in [6.07, 6.45) is 0. The number of amides is 1. The van der Waals surface area contributed by atoms with Crippen LogP contribution in [0.5, 0.6) is 0 Å². The van der Waals surface area contributed by atoms with Crippen LogP contribution >= 0.6 is 0 Å². The smallest absolute Gasteiger partial charge is 0.319 e. The molecule has 1 atom stereocenters. The van der Waals surface area contributed by atoms with Gasteiger partial charge in [0.15, 0.2) is 0 Å². The summed E-state index contributed by atoms with van der Waals surface area (Å²) in [4.78, 5) is 25.0. The fourth-order valence-electron chi connectivity index (χ4n) is 1.54. The molecule has 17 heavy (non-hydrogen) atoms. The minimum Gasteiger partial charge on any atom is -0.468 e. The van der Waals surface area contributed by atoms with Crippen LogP contribution in [0.25, 0.3) is 0 Å². The number of hydrogen-bond acceptors (Lipinski definition) is 4. The Morgan fingerprint density at radius 1 is 1.18 bits per heavy atom. The first-order valence-corrected chi connectivity index (χ1v) is 5.92. The Kier molecular flexibility index (Phi) is 6.80. The van der Waals surface area contributed by atoms with Crippen LogP contribution in [-0.4, -0.2) is 48.6 Å². The number of methoxy groups -OCH3 is 1. The van der Waals surface area contributed by atoms with Gasteiger partial charge < -0.3 is 10.1 Å². The van der Waals surface area contributed by atoms with Gasteiger partial charge in [-0.1, -0.05) is 0 Å². The minimum atomic E-state index is -0.350. The monoisotopic (exact) mass is 244 g/mol. The van der Waals surface area contributed by atoms with Crippen LogP contribution in [0.1, 0.15) is 34.6 Å². The van der Waals surface area contributed by atoms with Crippen molar-refractivity contribution < 1.29 is 14.3 Å². The van der Waals surface area contributed by atoms with E-state index in [9.17, 15) is 9.59 Å². The molecule has 0 heterocycles. The summed E-state index contributed by atoms with van der Waals surface area (Å²) in [5, 5.41) is 2.84. The van der Waals surface area contributed by atoms with Crippen molar-refractivity contribution in [2.24, 2.45) is 0 Å². The molecule has 1 N–H and O–H groups in total. The molecule has 0 rings (SSSR count). The van der Waals surface area contributed by atoms with Crippen molar-refractivity contribution in [2.45, 2.75) is 52.7 Å². The Hall–Kier alpha value is -1.10. The van der Waals surface area contributed by atoms with Gasteiger partial charge in [0.1, 0.15) is 0 Å². The molecule has 0 spiro atoms. The van der Waals surface area contributed by atoms with Crippen molar-refractivity contribution in [1.29, 1.82) is 0 Å². The first kappa shape index (κ1) is 15.9. The first-order valence-electron chi connectivity index (χ1n) is 5.92. The summed E-state index contributed by atoms with van der Waals surface area (Å²) in [7, 11) is 1.35. The lowest BCUT2D eigenvalue weighted by molar-refractivity contribution is -0.144. The number of rotatable bonds is 6. The molecule has 5 heteroatoms. The Labute approximate surface area is 103 Å². The standard InChI is InChI=1S/C12H24N2O3/c1-8(2)13-12(16)10(5)14(9(3)4)7-11(15)17-6/h8-10H,7H2,1-6H3,(H,13,16). The number of nitrogens with zero attached hydrogens (tertiary/aromatic N) is 1. The molecule has 0 saturated heterocycles. The van der Waals surface area contributed by atoms with Gasteiger partial charge in [0.25, 0.3) is 0 Å². The molecule has 0 aliphatic heterocycles. The zero-order valence-electron chi connectivity index (χ0n) is 11.6. The highest BCUT2D eigenvalue weighted by molar-refractivity contribution is 5.82. The van der Waals surface area contributed by atoms with Crippen LogP contribution in [0, 0.1) is 0 Å². The molecule has 1 unspecified atom stereocenters. The highest BCUT2D eigenvalue weighted by atomic mass is 16.5. The molecule has 0 bridgehead atoms. The van der Waals surface area contributed by atoms with Gasteiger partial charge in [-0.15, -0.1) is 0 Å². The van der Waals surface area contributed by atoms with E-state index in [2.05, 4.69) is 10.1 Å². The lowest BCUT2D eigenvalue weighted by Crippen LogP contribution is -2.51. The second-order valence-electron chi connectivity index (χ2n) is 4.68. The van der Waals surface area contributed by atoms with E-state index < -0.39 is 0 Å². The van der Waals surface area contributed by atoms with E-state index in [1.807, 2.05) is 32.6 Å². The van der Waals surface area contributed by atoms with E-state index in [0.29, 0.717) is 0 Å². The van der Waals surface area contributed by atoms with Gasteiger partial charge in [0.2, 0.25) is 5.91 Å². The summed E-state index contributed by atoms with van der Waals surface area (Å²) >= 11 is 0. The van der Waals surface area contributed by atoms with Gasteiger partial charge in [0, 0.05) is 12.1 Å². The van der Waals surface area contributed by atoms with E-state index in [-0.39, 0.29) is 36.5 Å². The van der Waals surface area contributed by atoms with Crippen LogP contribution in [0.2, 0.25) is 0 Å². The van der Waals surface area contributed by atoms with Gasteiger partial charge in [-0.2, -0.15) is 0 Å². The number of esters is 1. The SMILES string of the molecule is COC(=O)CN(C(C)C)C(C)C(=O)NC(C)C. The molecule has 0 aromatic heterocycles. The second kappa shape index (κ2) is 7.27. The normalized spacial score (nSPS) is 13.0. The average molecular weight is 244 g/mol. The maximum absolute atomic E-state index is 11.9. The van der Waals surface area contributed by atoms with Crippen LogP contribution in [0.15, 0.2) is 0 Å². The largest absolute Gasteiger partial charge is 0.468 e. The van der Waals surface area contributed by atoms with Crippen molar-refractivity contribution in [3.05, 3.63) is 0 Å². The molecule has 0 fully saturated rings. The van der Waals surface area contributed by atoms with Crippen molar-refractivity contribution in [3.8, 4) is 0 Å². The van der Waals surface area contributed by atoms with Crippen molar-refractivity contribution in [1.82, 2.24) is 10.2 Å². The fraction of sp³-hybridized carbons (Fsp3) is 0.833. The van der Waals surface area contributed by atoms with Gasteiger partial charge in [-0.05, 0) is 34.6 Å². The van der Waals surface area contributed by atoms with Crippen molar-refractivity contribution in [2.75, 3.05) is 13.7 Å². The van der Waals surface area contributed by atoms with Crippen LogP contribution in [-0.2, 0) is 14.3 Å². The van der Waals surface area contributed by atoms with E-state index in [4.69, 9.17) is 0 Å². The third kappa shape index (κ3) is 5.68. The lowest BCUT2D eigenvalue weighted by atomic mass is 10.2. The average Bonchev–Trinajstić information content (AvgIpc) is 2.23. The zero-order chi connectivity index (χ0) is 13.6. The maximum atomic E-state index is 11.9. The third-order valence-electron chi connectivity index (χ3n) is 2.51. The summed E-state index contributed by atoms with van der Waals surface area (Å²) in [6, 6.07) is -0.157. The molecule has 100 valence electrons. The topological polar surface area (TPSA) is 58.6 Å². The quantitative estimate of drug-likeness (QED) is 0.702. The molecule has 5 nitrogen and oxygen atoms in total. The summed E-state index contributed by atoms with van der Waals surface area (Å²) < 4.78 is 4.63. The molecular weight excluding hydrogens is 220 g/mol. The van der Waals surface area contributed by atoms with Crippen molar-refractivity contribution in [3.63, 3.8) is 0 Å². The molecule has 0 aromatic rings. The highest BCUT2D eigenvalue weighted by Crippen LogP contribution is 2.06. The molecule has 0 aliphatic carbocycles. The molecule has 0 aromatic carbocycles. The predicted molar refractivity (Wildman–Crippen MR) is 66.6 cm³/mol. The molecular formula is C12H24N2O3. The van der Waals surface area contributed by atoms with E-state index in [0.717, 1.165) is 0 Å². The molecule has 0 aliphatic rings. The minimum absolute atomic E-state index is 0.0717. The van der Waals surface area contributed by atoms with Crippen LogP contribution < -0.4 is 5.32 Å². The molecule has 0 radical (unpaired) electrons. The lowest BCUT2D eigenvalue weighted by Gasteiger charge is -2.31. The molecule has 0 saturated carbocycles. The second-order valence-corrected chi connectivity index (χ2v) is 4.68. The molecule has 1 amide bonds. The van der Waals surface area contributed by atoms with Gasteiger partial charge in [-0.3, -0.25) is 14.5 Å². The van der Waals surface area contributed by atoms with Gasteiger partial charge >= 0.3 is 5.97 Å². The summed E-state index contributed by atoms with van der Waals surface area (Å²) in [5.41, 5.74) is 0. The Bertz CT molecular complexity index is 264. The van der Waals surface area contributed by atoms with E-state index in [1.165, 1.54) is 7.11 Å². The third-order valence-corrected chi connectivity index (χ3v) is 2.51. The number of nitrogens with one attached hydrogen (secondary N) is 1. The van der Waals surface area contributed by atoms with Crippen molar-refractivity contribution >= 4 is 11.9 Å². The summed E-state index contributed by atoms with van der Waals surface area (Å²) in [5.74, 6) is -0.402. The Morgan fingerprint density at radius 3 is 2.06 bits per heavy atom. The number of carbonyl (C=O) groups excluding carboxylic acids is 2. The van der Waals surface area contributed by atoms with Gasteiger partial charge in [0.05, 0.1) is 19.7 Å². The number of ether oxygens (including phenoxy) is 1. The Morgan fingerprint density at radius 2 is 1.71 bits per heavy atom. The predicted octanol–water partition coefficient (Wildman–Crippen LogP) is 0.783. The highest BCUT2D eigenvalue weighted by Gasteiger charge is 2.26. The number of hydrogen-bond donors (Lipinski definition) is 1.